The maximum Gasteiger partial charge on any atom is 0.264 e. The van der Waals surface area contributed by atoms with Crippen LogP contribution in [0.5, 0.6) is 17.2 Å². The minimum atomic E-state index is -0.874. The van der Waals surface area contributed by atoms with Crippen LogP contribution >= 0.6 is 0 Å². The number of methoxy groups -OCH3 is 1. The van der Waals surface area contributed by atoms with E-state index >= 15 is 0 Å². The van der Waals surface area contributed by atoms with E-state index in [1.54, 1.807) is 12.0 Å². The van der Waals surface area contributed by atoms with E-state index in [9.17, 15) is 9.59 Å². The molecule has 2 heterocycles. The highest BCUT2D eigenvalue weighted by Gasteiger charge is 2.43. The van der Waals surface area contributed by atoms with E-state index in [0.717, 1.165) is 22.2 Å². The Kier molecular flexibility index (Phi) is 7.90. The predicted octanol–water partition coefficient (Wildman–Crippen LogP) is 5.02. The molecule has 2 aromatic carbocycles. The van der Waals surface area contributed by atoms with E-state index < -0.39 is 17.7 Å². The van der Waals surface area contributed by atoms with Crippen LogP contribution in [0.3, 0.4) is 0 Å². The maximum absolute atomic E-state index is 14.1. The third-order valence-corrected chi connectivity index (χ3v) is 6.64. The highest BCUT2D eigenvalue weighted by Crippen LogP contribution is 2.42. The molecule has 0 saturated heterocycles. The van der Waals surface area contributed by atoms with Gasteiger partial charge in [-0.1, -0.05) is 26.0 Å². The van der Waals surface area contributed by atoms with Gasteiger partial charge in [0.2, 0.25) is 5.91 Å². The molecule has 4 rings (SSSR count). The molecule has 1 aromatic heterocycles. The van der Waals surface area contributed by atoms with Gasteiger partial charge in [0.25, 0.3) is 5.91 Å². The third-order valence-electron chi connectivity index (χ3n) is 6.64. The zero-order valence-electron chi connectivity index (χ0n) is 23.4. The lowest BCUT2D eigenvalue weighted by molar-refractivity contribution is -0.147. The van der Waals surface area contributed by atoms with Crippen LogP contribution in [0.15, 0.2) is 42.6 Å². The molecule has 8 heteroatoms. The van der Waals surface area contributed by atoms with Gasteiger partial charge in [-0.25, -0.2) is 0 Å². The molecule has 0 saturated carbocycles. The number of H-pyrrole nitrogens is 1. The third kappa shape index (κ3) is 5.59. The van der Waals surface area contributed by atoms with Gasteiger partial charge in [-0.3, -0.25) is 9.59 Å². The van der Waals surface area contributed by atoms with E-state index in [1.165, 1.54) is 0 Å². The Balaban J connectivity index is 1.80. The molecule has 2 unspecified atom stereocenters. The summed E-state index contributed by atoms with van der Waals surface area (Å²) in [4.78, 5) is 32.9. The summed E-state index contributed by atoms with van der Waals surface area (Å²) in [6.07, 6.45) is 1.74. The number of ether oxygens (including phenoxy) is 3. The summed E-state index contributed by atoms with van der Waals surface area (Å²) >= 11 is 0. The van der Waals surface area contributed by atoms with Crippen molar-refractivity contribution in [1.82, 2.24) is 15.2 Å². The van der Waals surface area contributed by atoms with Gasteiger partial charge in [0.1, 0.15) is 11.8 Å². The topological polar surface area (TPSA) is 92.9 Å². The van der Waals surface area contributed by atoms with Crippen LogP contribution in [-0.2, 0) is 16.0 Å². The number of para-hydroxylation sites is 1. The fraction of sp³-hybridized carbons (Fsp3) is 0.467. The van der Waals surface area contributed by atoms with Crippen molar-refractivity contribution < 1.29 is 23.8 Å². The predicted molar refractivity (Wildman–Crippen MR) is 148 cm³/mol. The summed E-state index contributed by atoms with van der Waals surface area (Å²) in [6, 6.07) is 10.5. The van der Waals surface area contributed by atoms with Crippen LogP contribution in [0.2, 0.25) is 0 Å². The van der Waals surface area contributed by atoms with Crippen molar-refractivity contribution in [1.29, 1.82) is 0 Å². The molecule has 0 fully saturated rings. The first kappa shape index (κ1) is 27.4. The highest BCUT2D eigenvalue weighted by molar-refractivity contribution is 5.93. The fourth-order valence-electron chi connectivity index (χ4n) is 4.89. The number of rotatable bonds is 8. The molecule has 0 bridgehead atoms. The second-order valence-corrected chi connectivity index (χ2v) is 11.0. The summed E-state index contributed by atoms with van der Waals surface area (Å²) in [6.45, 7) is 12.3. The molecule has 0 radical (unpaired) electrons. The number of carbonyl (C=O) groups is 2. The van der Waals surface area contributed by atoms with Crippen molar-refractivity contribution in [2.75, 3.05) is 20.3 Å². The summed E-state index contributed by atoms with van der Waals surface area (Å²) in [7, 11) is 1.64. The monoisotopic (exact) mass is 521 g/mol. The first-order valence-corrected chi connectivity index (χ1v) is 13.2. The van der Waals surface area contributed by atoms with Gasteiger partial charge < -0.3 is 29.4 Å². The Bertz CT molecular complexity index is 1310. The summed E-state index contributed by atoms with van der Waals surface area (Å²) in [5.41, 5.74) is 2.16. The van der Waals surface area contributed by atoms with Gasteiger partial charge >= 0.3 is 0 Å². The molecular weight excluding hydrogens is 482 g/mol. The smallest absolute Gasteiger partial charge is 0.264 e. The lowest BCUT2D eigenvalue weighted by atomic mass is 9.99. The lowest BCUT2D eigenvalue weighted by Gasteiger charge is -2.33. The summed E-state index contributed by atoms with van der Waals surface area (Å²) < 4.78 is 17.7. The second kappa shape index (κ2) is 11.0. The number of nitrogens with zero attached hydrogens (tertiary/aromatic N) is 1. The number of hydrogen-bond acceptors (Lipinski definition) is 5. The summed E-state index contributed by atoms with van der Waals surface area (Å²) in [5, 5.41) is 4.12. The molecule has 204 valence electrons. The van der Waals surface area contributed by atoms with Gasteiger partial charge in [-0.15, -0.1) is 0 Å². The largest absolute Gasteiger partial charge is 0.497 e. The molecule has 0 aliphatic carbocycles. The molecule has 1 aliphatic heterocycles. The molecule has 2 atom stereocenters. The Morgan fingerprint density at radius 3 is 2.63 bits per heavy atom. The standard InChI is InChI=1S/C30H39N3O5/c1-8-37-24-11-9-10-21-25(28(34)32-30(4,5)6)33(29(35)26(18(2)3)38-27(21)24)15-14-19-17-31-23-13-12-20(36-7)16-22(19)23/h9-13,16-18,25-26,31H,8,14-15H2,1-7H3,(H,32,34). The van der Waals surface area contributed by atoms with Gasteiger partial charge in [-0.2, -0.15) is 0 Å². The Morgan fingerprint density at radius 2 is 1.97 bits per heavy atom. The molecule has 2 N–H and O–H groups in total. The Hall–Kier alpha value is -3.68. The molecule has 1 aliphatic rings. The van der Waals surface area contributed by atoms with Gasteiger partial charge in [0, 0.05) is 34.7 Å². The fourth-order valence-corrected chi connectivity index (χ4v) is 4.89. The second-order valence-electron chi connectivity index (χ2n) is 11.0. The number of fused-ring (bicyclic) bond motifs is 2. The van der Waals surface area contributed by atoms with Gasteiger partial charge in [-0.05, 0) is 69.9 Å². The van der Waals surface area contributed by atoms with E-state index in [0.29, 0.717) is 36.6 Å². The summed E-state index contributed by atoms with van der Waals surface area (Å²) in [5.74, 6) is 1.16. The first-order valence-electron chi connectivity index (χ1n) is 13.2. The van der Waals surface area contributed by atoms with Gasteiger partial charge in [0.15, 0.2) is 17.6 Å². The zero-order chi connectivity index (χ0) is 27.6. The molecule has 0 spiro atoms. The molecule has 8 nitrogen and oxygen atoms in total. The first-order chi connectivity index (χ1) is 18.0. The molecule has 2 amide bonds. The normalized spacial score (nSPS) is 17.7. The van der Waals surface area contributed by atoms with Crippen LogP contribution in [0, 0.1) is 5.92 Å². The number of benzene rings is 2. The van der Waals surface area contributed by atoms with Crippen molar-refractivity contribution in [3.8, 4) is 17.2 Å². The van der Waals surface area contributed by atoms with Crippen molar-refractivity contribution >= 4 is 22.7 Å². The average Bonchev–Trinajstić information content (AvgIpc) is 3.20. The van der Waals surface area contributed by atoms with Crippen molar-refractivity contribution in [2.45, 2.75) is 65.6 Å². The number of aromatic amines is 1. The minimum absolute atomic E-state index is 0.116. The van der Waals surface area contributed by atoms with Crippen molar-refractivity contribution in [3.05, 3.63) is 53.7 Å². The van der Waals surface area contributed by atoms with E-state index in [4.69, 9.17) is 14.2 Å². The highest BCUT2D eigenvalue weighted by atomic mass is 16.5. The van der Waals surface area contributed by atoms with Crippen LogP contribution in [0.4, 0.5) is 0 Å². The van der Waals surface area contributed by atoms with E-state index in [1.807, 2.05) is 84.1 Å². The number of hydrogen-bond donors (Lipinski definition) is 2. The van der Waals surface area contributed by atoms with E-state index in [-0.39, 0.29) is 17.7 Å². The number of aromatic nitrogens is 1. The van der Waals surface area contributed by atoms with E-state index in [2.05, 4.69) is 10.3 Å². The Morgan fingerprint density at radius 1 is 1.21 bits per heavy atom. The lowest BCUT2D eigenvalue weighted by Crippen LogP contribution is -2.51. The van der Waals surface area contributed by atoms with Crippen molar-refractivity contribution in [3.63, 3.8) is 0 Å². The van der Waals surface area contributed by atoms with Crippen LogP contribution in [0.25, 0.3) is 10.9 Å². The number of carbonyl (C=O) groups excluding carboxylic acids is 2. The molecule has 38 heavy (non-hydrogen) atoms. The molecule has 3 aromatic rings. The zero-order valence-corrected chi connectivity index (χ0v) is 23.4. The van der Waals surface area contributed by atoms with Crippen LogP contribution in [0.1, 0.15) is 58.7 Å². The Labute approximate surface area is 224 Å². The number of amides is 2. The SMILES string of the molecule is CCOc1cccc2c1OC(C(C)C)C(=O)N(CCc1c[nH]c3ccc(OC)cc13)C2C(=O)NC(C)(C)C. The van der Waals surface area contributed by atoms with Crippen molar-refractivity contribution in [2.24, 2.45) is 5.92 Å². The quantitative estimate of drug-likeness (QED) is 0.434. The van der Waals surface area contributed by atoms with Gasteiger partial charge in [0.05, 0.1) is 13.7 Å². The molecular formula is C30H39N3O5. The van der Waals surface area contributed by atoms with Crippen LogP contribution in [-0.4, -0.2) is 53.6 Å². The minimum Gasteiger partial charge on any atom is -0.497 e. The number of nitrogens with one attached hydrogen (secondary N) is 2. The maximum atomic E-state index is 14.1. The average molecular weight is 522 g/mol. The van der Waals surface area contributed by atoms with Crippen LogP contribution < -0.4 is 19.5 Å².